The van der Waals surface area contributed by atoms with Crippen LogP contribution < -0.4 is 0 Å². The Hall–Kier alpha value is -6.56. The Balaban J connectivity index is 1.22. The van der Waals surface area contributed by atoms with Crippen molar-refractivity contribution in [2.24, 2.45) is 0 Å². The third kappa shape index (κ3) is 4.32. The SMILES string of the molecule is c1ccc(-c2cccc(-c3cc(-n4c5ccccc5c5c6sc7ccccc7c6ccc54)nc(-c4cccc5c4oc4ccccc45)n3)c2)cc1. The van der Waals surface area contributed by atoms with Crippen LogP contribution in [0.4, 0.5) is 0 Å². The first kappa shape index (κ1) is 28.3. The van der Waals surface area contributed by atoms with Crippen molar-refractivity contribution >= 4 is 75.3 Å². The lowest BCUT2D eigenvalue weighted by Gasteiger charge is -2.13. The molecule has 0 atom stereocenters. The lowest BCUT2D eigenvalue weighted by atomic mass is 10.0. The normalized spacial score (nSPS) is 11.9. The highest BCUT2D eigenvalue weighted by Crippen LogP contribution is 2.44. The van der Waals surface area contributed by atoms with Crippen molar-refractivity contribution in [2.75, 3.05) is 0 Å². The van der Waals surface area contributed by atoms with E-state index in [1.807, 2.05) is 29.5 Å². The van der Waals surface area contributed by atoms with E-state index < -0.39 is 0 Å². The Morgan fingerprint density at radius 2 is 1.22 bits per heavy atom. The van der Waals surface area contributed by atoms with Gasteiger partial charge in [-0.1, -0.05) is 121 Å². The average molecular weight is 670 g/mol. The number of hydrogen-bond donors (Lipinski definition) is 0. The van der Waals surface area contributed by atoms with Gasteiger partial charge in [0.05, 0.1) is 22.3 Å². The van der Waals surface area contributed by atoms with Crippen LogP contribution in [0, 0.1) is 0 Å². The molecule has 0 aliphatic rings. The van der Waals surface area contributed by atoms with E-state index in [1.165, 1.54) is 30.9 Å². The van der Waals surface area contributed by atoms with Gasteiger partial charge in [0, 0.05) is 53.3 Å². The van der Waals surface area contributed by atoms with E-state index in [9.17, 15) is 0 Å². The second-order valence-electron chi connectivity index (χ2n) is 12.9. The zero-order valence-electron chi connectivity index (χ0n) is 27.2. The largest absolute Gasteiger partial charge is 0.455 e. The van der Waals surface area contributed by atoms with Crippen molar-refractivity contribution in [3.8, 4) is 39.6 Å². The molecule has 0 fully saturated rings. The lowest BCUT2D eigenvalue weighted by molar-refractivity contribution is 0.669. The van der Waals surface area contributed by atoms with Crippen LogP contribution in [0.25, 0.3) is 104 Å². The molecule has 4 nitrogen and oxygen atoms in total. The highest BCUT2D eigenvalue weighted by atomic mass is 32.1. The molecule has 0 N–H and O–H groups in total. The van der Waals surface area contributed by atoms with Gasteiger partial charge in [-0.2, -0.15) is 0 Å². The number of hydrogen-bond acceptors (Lipinski definition) is 4. The summed E-state index contributed by atoms with van der Waals surface area (Å²) in [5.41, 5.74) is 8.88. The average Bonchev–Trinajstić information content (AvgIpc) is 3.88. The van der Waals surface area contributed by atoms with Crippen LogP contribution in [0.2, 0.25) is 0 Å². The van der Waals surface area contributed by atoms with E-state index >= 15 is 0 Å². The summed E-state index contributed by atoms with van der Waals surface area (Å²) in [6.07, 6.45) is 0. The minimum absolute atomic E-state index is 0.617. The van der Waals surface area contributed by atoms with Gasteiger partial charge in [0.15, 0.2) is 5.82 Å². The summed E-state index contributed by atoms with van der Waals surface area (Å²) >= 11 is 1.86. The first-order valence-corrected chi connectivity index (χ1v) is 17.9. The predicted octanol–water partition coefficient (Wildman–Crippen LogP) is 12.8. The van der Waals surface area contributed by atoms with E-state index in [0.717, 1.165) is 66.7 Å². The van der Waals surface area contributed by atoms with Gasteiger partial charge in [-0.3, -0.25) is 4.57 Å². The van der Waals surface area contributed by atoms with E-state index in [4.69, 9.17) is 14.4 Å². The standard InChI is InChI=1S/C46H27N3OS/c1-2-12-28(13-3-1)29-14-10-15-30(26-29)37-27-42(48-46(47-37)36-20-11-19-33-31-16-5-8-22-40(31)50-44(33)36)49-38-21-7-4-18-35(38)43-39(49)25-24-34-32-17-6-9-23-41(32)51-45(34)43/h1-27H. The molecule has 4 aromatic heterocycles. The minimum Gasteiger partial charge on any atom is -0.455 e. The number of nitrogens with zero attached hydrogens (tertiary/aromatic N) is 3. The van der Waals surface area contributed by atoms with Gasteiger partial charge in [0.25, 0.3) is 0 Å². The van der Waals surface area contributed by atoms with Crippen molar-refractivity contribution < 1.29 is 4.42 Å². The van der Waals surface area contributed by atoms with Crippen molar-refractivity contribution in [1.29, 1.82) is 0 Å². The monoisotopic (exact) mass is 669 g/mol. The molecule has 7 aromatic carbocycles. The molecule has 0 bridgehead atoms. The summed E-state index contributed by atoms with van der Waals surface area (Å²) in [7, 11) is 0. The fraction of sp³-hybridized carbons (Fsp3) is 0. The highest BCUT2D eigenvalue weighted by molar-refractivity contribution is 7.26. The summed E-state index contributed by atoms with van der Waals surface area (Å²) in [5, 5.41) is 7.16. The Kier molecular flexibility index (Phi) is 6.09. The van der Waals surface area contributed by atoms with Crippen LogP contribution >= 0.6 is 11.3 Å². The molecule has 0 aliphatic heterocycles. The number of furan rings is 1. The smallest absolute Gasteiger partial charge is 0.165 e. The summed E-state index contributed by atoms with van der Waals surface area (Å²) in [4.78, 5) is 10.7. The topological polar surface area (TPSA) is 43.9 Å². The molecule has 0 saturated carbocycles. The molecule has 0 amide bonds. The third-order valence-corrected chi connectivity index (χ3v) is 11.2. The van der Waals surface area contributed by atoms with Crippen LogP contribution in [-0.2, 0) is 0 Å². The molecule has 0 radical (unpaired) electrons. The lowest BCUT2D eigenvalue weighted by Crippen LogP contribution is -2.02. The van der Waals surface area contributed by atoms with Crippen LogP contribution in [0.5, 0.6) is 0 Å². The van der Waals surface area contributed by atoms with Gasteiger partial charge < -0.3 is 4.42 Å². The first-order valence-electron chi connectivity index (χ1n) is 17.1. The highest BCUT2D eigenvalue weighted by Gasteiger charge is 2.21. The second-order valence-corrected chi connectivity index (χ2v) is 14.0. The number of para-hydroxylation sites is 3. The Bertz CT molecular complexity index is 3150. The van der Waals surface area contributed by atoms with Gasteiger partial charge in [-0.25, -0.2) is 9.97 Å². The number of thiophene rings is 1. The maximum atomic E-state index is 6.52. The summed E-state index contributed by atoms with van der Waals surface area (Å²) in [5.74, 6) is 1.42. The molecule has 51 heavy (non-hydrogen) atoms. The summed E-state index contributed by atoms with van der Waals surface area (Å²) < 4.78 is 11.4. The molecule has 0 unspecified atom stereocenters. The zero-order valence-corrected chi connectivity index (χ0v) is 28.1. The Morgan fingerprint density at radius 1 is 0.490 bits per heavy atom. The van der Waals surface area contributed by atoms with Crippen LogP contribution in [0.15, 0.2) is 168 Å². The quantitative estimate of drug-likeness (QED) is 0.187. The van der Waals surface area contributed by atoms with Gasteiger partial charge in [-0.05, 0) is 47.5 Å². The third-order valence-electron chi connectivity index (χ3n) is 10.0. The van der Waals surface area contributed by atoms with Crippen molar-refractivity contribution in [1.82, 2.24) is 14.5 Å². The van der Waals surface area contributed by atoms with E-state index in [0.29, 0.717) is 5.82 Å². The van der Waals surface area contributed by atoms with Gasteiger partial charge >= 0.3 is 0 Å². The fourth-order valence-corrected chi connectivity index (χ4v) is 8.97. The second kappa shape index (κ2) is 11.0. The summed E-state index contributed by atoms with van der Waals surface area (Å²) in [6.45, 7) is 0. The molecule has 11 aromatic rings. The zero-order chi connectivity index (χ0) is 33.5. The molecule has 11 rings (SSSR count). The molecular weight excluding hydrogens is 643 g/mol. The van der Waals surface area contributed by atoms with Crippen LogP contribution in [0.1, 0.15) is 0 Å². The van der Waals surface area contributed by atoms with Gasteiger partial charge in [0.2, 0.25) is 0 Å². The van der Waals surface area contributed by atoms with E-state index in [2.05, 4.69) is 150 Å². The molecule has 0 aliphatic carbocycles. The molecule has 0 spiro atoms. The van der Waals surface area contributed by atoms with Crippen molar-refractivity contribution in [2.45, 2.75) is 0 Å². The molecule has 238 valence electrons. The number of aromatic nitrogens is 3. The van der Waals surface area contributed by atoms with Crippen LogP contribution in [-0.4, -0.2) is 14.5 Å². The minimum atomic E-state index is 0.617. The maximum Gasteiger partial charge on any atom is 0.165 e. The van der Waals surface area contributed by atoms with E-state index in [-0.39, 0.29) is 0 Å². The molecule has 4 heterocycles. The molecule has 5 heteroatoms. The number of fused-ring (bicyclic) bond motifs is 10. The molecular formula is C46H27N3OS. The number of benzene rings is 7. The fourth-order valence-electron chi connectivity index (χ4n) is 7.71. The van der Waals surface area contributed by atoms with Crippen LogP contribution in [0.3, 0.4) is 0 Å². The Morgan fingerprint density at radius 3 is 2.14 bits per heavy atom. The predicted molar refractivity (Wildman–Crippen MR) is 213 cm³/mol. The summed E-state index contributed by atoms with van der Waals surface area (Å²) in [6, 6.07) is 57.6. The Labute approximate surface area is 296 Å². The van der Waals surface area contributed by atoms with Gasteiger partial charge in [-0.15, -0.1) is 11.3 Å². The molecule has 0 saturated heterocycles. The number of rotatable bonds is 4. The van der Waals surface area contributed by atoms with Crippen molar-refractivity contribution in [3.63, 3.8) is 0 Å². The van der Waals surface area contributed by atoms with E-state index in [1.54, 1.807) is 0 Å². The van der Waals surface area contributed by atoms with Crippen molar-refractivity contribution in [3.05, 3.63) is 164 Å². The van der Waals surface area contributed by atoms with Gasteiger partial charge in [0.1, 0.15) is 17.0 Å². The first-order chi connectivity index (χ1) is 25.3. The maximum absolute atomic E-state index is 6.52.